The molecule has 0 aliphatic carbocycles. The van der Waals surface area contributed by atoms with Crippen molar-refractivity contribution in [2.24, 2.45) is 15.7 Å². The SMILES string of the molecule is CC(N=CC1=C(N)CN([C@@H]2CCN(C(=O)c3cccc(NS(C)(=O)=O)n3)[C@H](C)C2)C1)=Nc1cc(C)cc(C)c1. The molecule has 0 bridgehead atoms. The first-order chi connectivity index (χ1) is 18.4. The van der Waals surface area contributed by atoms with Gasteiger partial charge in [0.2, 0.25) is 10.0 Å². The second-order valence-electron chi connectivity index (χ2n) is 10.5. The summed E-state index contributed by atoms with van der Waals surface area (Å²) in [6, 6.07) is 11.2. The molecular weight excluding hydrogens is 514 g/mol. The van der Waals surface area contributed by atoms with Gasteiger partial charge in [-0.1, -0.05) is 12.1 Å². The summed E-state index contributed by atoms with van der Waals surface area (Å²) in [5.41, 5.74) is 11.6. The number of nitrogens with one attached hydrogen (secondary N) is 1. The van der Waals surface area contributed by atoms with E-state index in [2.05, 4.69) is 44.5 Å². The van der Waals surface area contributed by atoms with Gasteiger partial charge in [-0.3, -0.25) is 14.4 Å². The van der Waals surface area contributed by atoms with E-state index < -0.39 is 10.0 Å². The zero-order chi connectivity index (χ0) is 28.3. The Bertz CT molecular complexity index is 1430. The van der Waals surface area contributed by atoms with Crippen molar-refractivity contribution in [2.75, 3.05) is 30.6 Å². The molecule has 0 saturated carbocycles. The number of nitrogens with zero attached hydrogens (tertiary/aromatic N) is 5. The first kappa shape index (κ1) is 28.4. The molecule has 2 aliphatic heterocycles. The maximum atomic E-state index is 13.2. The van der Waals surface area contributed by atoms with E-state index in [1.807, 2.05) is 37.1 Å². The summed E-state index contributed by atoms with van der Waals surface area (Å²) < 4.78 is 25.4. The fraction of sp³-hybridized carbons (Fsp3) is 0.429. The van der Waals surface area contributed by atoms with Crippen LogP contribution < -0.4 is 10.5 Å². The van der Waals surface area contributed by atoms with Crippen molar-refractivity contribution >= 4 is 39.5 Å². The van der Waals surface area contributed by atoms with Crippen LogP contribution in [0.25, 0.3) is 0 Å². The highest BCUT2D eigenvalue weighted by atomic mass is 32.2. The van der Waals surface area contributed by atoms with Crippen molar-refractivity contribution in [3.8, 4) is 0 Å². The number of hydrogen-bond acceptors (Lipinski definition) is 7. The van der Waals surface area contributed by atoms with Crippen LogP contribution in [0.3, 0.4) is 0 Å². The van der Waals surface area contributed by atoms with E-state index in [9.17, 15) is 13.2 Å². The summed E-state index contributed by atoms with van der Waals surface area (Å²) in [5, 5.41) is 0. The van der Waals surface area contributed by atoms with E-state index in [0.29, 0.717) is 25.5 Å². The van der Waals surface area contributed by atoms with Crippen LogP contribution in [0.2, 0.25) is 0 Å². The van der Waals surface area contributed by atoms with Gasteiger partial charge in [-0.25, -0.2) is 23.4 Å². The van der Waals surface area contributed by atoms with Crippen molar-refractivity contribution in [3.05, 3.63) is 64.5 Å². The van der Waals surface area contributed by atoms with Crippen LogP contribution in [0.5, 0.6) is 0 Å². The second-order valence-corrected chi connectivity index (χ2v) is 12.3. The number of hydrogen-bond donors (Lipinski definition) is 2. The van der Waals surface area contributed by atoms with Crippen LogP contribution >= 0.6 is 0 Å². The highest BCUT2D eigenvalue weighted by Gasteiger charge is 2.35. The Kier molecular flexibility index (Phi) is 8.51. The lowest BCUT2D eigenvalue weighted by molar-refractivity contribution is 0.0503. The summed E-state index contributed by atoms with van der Waals surface area (Å²) in [6.45, 7) is 9.98. The molecule has 1 fully saturated rings. The molecule has 1 amide bonds. The first-order valence-electron chi connectivity index (χ1n) is 13.0. The number of benzene rings is 1. The molecule has 10 nitrogen and oxygen atoms in total. The lowest BCUT2D eigenvalue weighted by Gasteiger charge is -2.41. The zero-order valence-corrected chi connectivity index (χ0v) is 24.0. The number of anilines is 1. The lowest BCUT2D eigenvalue weighted by Crippen LogP contribution is -2.51. The predicted octanol–water partition coefficient (Wildman–Crippen LogP) is 3.41. The molecule has 0 spiro atoms. The Balaban J connectivity index is 1.35. The topological polar surface area (TPSA) is 133 Å². The average molecular weight is 552 g/mol. The van der Waals surface area contributed by atoms with Gasteiger partial charge in [0.15, 0.2) is 0 Å². The van der Waals surface area contributed by atoms with E-state index in [0.717, 1.165) is 36.1 Å². The molecule has 2 atom stereocenters. The third kappa shape index (κ3) is 7.51. The summed E-state index contributed by atoms with van der Waals surface area (Å²) in [6.07, 6.45) is 4.48. The number of aromatic nitrogens is 1. The monoisotopic (exact) mass is 551 g/mol. The van der Waals surface area contributed by atoms with Gasteiger partial charge in [-0.05, 0) is 75.9 Å². The number of carbonyl (C=O) groups excluding carboxylic acids is 1. The predicted molar refractivity (Wildman–Crippen MR) is 156 cm³/mol. The Morgan fingerprint density at radius 3 is 2.56 bits per heavy atom. The average Bonchev–Trinajstić information content (AvgIpc) is 3.21. The molecule has 1 aromatic carbocycles. The molecule has 39 heavy (non-hydrogen) atoms. The summed E-state index contributed by atoms with van der Waals surface area (Å²) in [4.78, 5) is 30.8. The number of aryl methyl sites for hydroxylation is 2. The van der Waals surface area contributed by atoms with Crippen molar-refractivity contribution in [1.29, 1.82) is 0 Å². The van der Waals surface area contributed by atoms with Gasteiger partial charge in [0.1, 0.15) is 17.3 Å². The number of sulfonamides is 1. The number of nitrogens with two attached hydrogens (primary N) is 1. The fourth-order valence-electron chi connectivity index (χ4n) is 5.21. The third-order valence-corrected chi connectivity index (χ3v) is 7.53. The van der Waals surface area contributed by atoms with Gasteiger partial charge in [0.25, 0.3) is 5.91 Å². The van der Waals surface area contributed by atoms with E-state index in [1.54, 1.807) is 12.1 Å². The Morgan fingerprint density at radius 1 is 1.18 bits per heavy atom. The number of aliphatic imine (C=N–C) groups is 2. The standard InChI is InChI=1S/C28H37N7O3S/c1-18-11-19(2)13-23(12-18)31-21(4)30-15-22-16-34(17-25(22)29)24-9-10-35(20(3)14-24)28(36)26-7-6-8-27(32-26)33-39(5,37)38/h6-8,11-13,15,20,24H,9-10,14,16-17,29H2,1-5H3,(H,32,33)/t20-,24-/m1/s1. The Labute approximate surface area is 230 Å². The Morgan fingerprint density at radius 2 is 1.90 bits per heavy atom. The maximum Gasteiger partial charge on any atom is 0.272 e. The third-order valence-electron chi connectivity index (χ3n) is 6.95. The van der Waals surface area contributed by atoms with E-state index >= 15 is 0 Å². The second kappa shape index (κ2) is 11.7. The van der Waals surface area contributed by atoms with E-state index in [-0.39, 0.29) is 29.5 Å². The van der Waals surface area contributed by atoms with Crippen LogP contribution in [-0.4, -0.2) is 79.1 Å². The largest absolute Gasteiger partial charge is 0.401 e. The van der Waals surface area contributed by atoms with Crippen LogP contribution in [0.15, 0.2) is 57.7 Å². The van der Waals surface area contributed by atoms with Crippen LogP contribution in [0, 0.1) is 13.8 Å². The molecule has 2 aromatic rings. The van der Waals surface area contributed by atoms with Crippen molar-refractivity contribution < 1.29 is 13.2 Å². The highest BCUT2D eigenvalue weighted by Crippen LogP contribution is 2.27. The molecule has 11 heteroatoms. The van der Waals surface area contributed by atoms with Gasteiger partial charge in [-0.15, -0.1) is 0 Å². The molecule has 3 heterocycles. The van der Waals surface area contributed by atoms with Gasteiger partial charge >= 0.3 is 0 Å². The van der Waals surface area contributed by atoms with Crippen LogP contribution in [-0.2, 0) is 10.0 Å². The van der Waals surface area contributed by atoms with Gasteiger partial charge < -0.3 is 10.6 Å². The fourth-order valence-corrected chi connectivity index (χ4v) is 5.70. The minimum atomic E-state index is -3.48. The molecule has 1 saturated heterocycles. The zero-order valence-electron chi connectivity index (χ0n) is 23.2. The summed E-state index contributed by atoms with van der Waals surface area (Å²) in [5.74, 6) is 0.597. The van der Waals surface area contributed by atoms with Crippen LogP contribution in [0.1, 0.15) is 48.3 Å². The molecule has 3 N–H and O–H groups in total. The van der Waals surface area contributed by atoms with Crippen molar-refractivity contribution in [3.63, 3.8) is 0 Å². The van der Waals surface area contributed by atoms with E-state index in [1.165, 1.54) is 17.2 Å². The van der Waals surface area contributed by atoms with Crippen LogP contribution in [0.4, 0.5) is 11.5 Å². The number of rotatable bonds is 6. The molecule has 1 aromatic heterocycles. The number of amides is 1. The van der Waals surface area contributed by atoms with E-state index in [4.69, 9.17) is 5.73 Å². The molecule has 0 radical (unpaired) electrons. The van der Waals surface area contributed by atoms with Gasteiger partial charge in [-0.2, -0.15) is 0 Å². The molecule has 208 valence electrons. The summed E-state index contributed by atoms with van der Waals surface area (Å²) >= 11 is 0. The highest BCUT2D eigenvalue weighted by molar-refractivity contribution is 7.92. The molecule has 2 aliphatic rings. The van der Waals surface area contributed by atoms with Crippen molar-refractivity contribution in [2.45, 2.75) is 52.6 Å². The lowest BCUT2D eigenvalue weighted by atomic mass is 9.96. The normalized spacial score (nSPS) is 21.2. The summed E-state index contributed by atoms with van der Waals surface area (Å²) in [7, 11) is -3.48. The smallest absolute Gasteiger partial charge is 0.272 e. The number of carbonyl (C=O) groups is 1. The number of likely N-dealkylation sites (tertiary alicyclic amines) is 1. The molecule has 0 unspecified atom stereocenters. The quantitative estimate of drug-likeness (QED) is 0.418. The minimum absolute atomic E-state index is 0.00400. The first-order valence-corrected chi connectivity index (χ1v) is 14.9. The number of amidine groups is 1. The number of piperidine rings is 1. The number of pyridine rings is 1. The van der Waals surface area contributed by atoms with Crippen molar-refractivity contribution in [1.82, 2.24) is 14.8 Å². The molecular formula is C28H37N7O3S. The molecule has 4 rings (SSSR count). The minimum Gasteiger partial charge on any atom is -0.401 e. The Hall–Kier alpha value is -3.57. The van der Waals surface area contributed by atoms with Gasteiger partial charge in [0, 0.05) is 49.2 Å². The van der Waals surface area contributed by atoms with Gasteiger partial charge in [0.05, 0.1) is 11.9 Å². The maximum absolute atomic E-state index is 13.2.